The number of rotatable bonds is 7. The fourth-order valence-corrected chi connectivity index (χ4v) is 2.94. The van der Waals surface area contributed by atoms with Crippen LogP contribution in [0.5, 0.6) is 5.75 Å². The van der Waals surface area contributed by atoms with Gasteiger partial charge < -0.3 is 15.0 Å². The van der Waals surface area contributed by atoms with E-state index >= 15 is 0 Å². The van der Waals surface area contributed by atoms with E-state index in [1.165, 1.54) is 21.8 Å². The Morgan fingerprint density at radius 1 is 1.35 bits per heavy atom. The summed E-state index contributed by atoms with van der Waals surface area (Å²) in [5, 5.41) is 14.2. The number of benzene rings is 1. The first-order valence-electron chi connectivity index (χ1n) is 7.34. The molecule has 1 heterocycles. The molecule has 0 fully saturated rings. The first-order chi connectivity index (χ1) is 11.1. The highest BCUT2D eigenvalue weighted by molar-refractivity contribution is 7.14. The summed E-state index contributed by atoms with van der Waals surface area (Å²) in [6.07, 6.45) is 0.421. The van der Waals surface area contributed by atoms with Crippen molar-refractivity contribution in [2.24, 2.45) is 0 Å². The van der Waals surface area contributed by atoms with Crippen molar-refractivity contribution in [1.29, 1.82) is 5.26 Å². The van der Waals surface area contributed by atoms with E-state index in [0.717, 1.165) is 18.8 Å². The lowest BCUT2D eigenvalue weighted by Gasteiger charge is -2.14. The summed E-state index contributed by atoms with van der Waals surface area (Å²) in [6.45, 7) is 1.57. The SMILES string of the molecule is COc1ccc(C[NH+](C)CCC(=O)Nc2sccc2C#N)cc1. The second kappa shape index (κ2) is 8.32. The molecule has 2 aromatic rings. The number of carbonyl (C=O) groups excluding carboxylic acids is 1. The van der Waals surface area contributed by atoms with Crippen molar-refractivity contribution >= 4 is 22.2 Å². The van der Waals surface area contributed by atoms with Crippen molar-refractivity contribution in [3.8, 4) is 11.8 Å². The molecule has 0 aliphatic carbocycles. The van der Waals surface area contributed by atoms with Crippen LogP contribution in [0.15, 0.2) is 35.7 Å². The minimum absolute atomic E-state index is 0.0574. The number of amides is 1. The van der Waals surface area contributed by atoms with Gasteiger partial charge in [-0.1, -0.05) is 0 Å². The fraction of sp³-hybridized carbons (Fsp3) is 0.294. The summed E-state index contributed by atoms with van der Waals surface area (Å²) in [4.78, 5) is 13.2. The predicted molar refractivity (Wildman–Crippen MR) is 90.7 cm³/mol. The number of thiophene rings is 1. The van der Waals surface area contributed by atoms with Crippen molar-refractivity contribution in [2.45, 2.75) is 13.0 Å². The van der Waals surface area contributed by atoms with Gasteiger partial charge in [-0.15, -0.1) is 11.3 Å². The Morgan fingerprint density at radius 2 is 2.09 bits per heavy atom. The molecule has 0 saturated carbocycles. The number of nitrogens with one attached hydrogen (secondary N) is 2. The molecular formula is C17H20N3O2S+. The smallest absolute Gasteiger partial charge is 0.230 e. The molecule has 0 aliphatic rings. The van der Waals surface area contributed by atoms with Crippen LogP contribution in [-0.2, 0) is 11.3 Å². The van der Waals surface area contributed by atoms with E-state index in [1.54, 1.807) is 18.6 Å². The summed E-state index contributed by atoms with van der Waals surface area (Å²) in [5.74, 6) is 0.785. The quantitative estimate of drug-likeness (QED) is 0.811. The van der Waals surface area contributed by atoms with Crippen LogP contribution in [0.1, 0.15) is 17.5 Å². The van der Waals surface area contributed by atoms with Gasteiger partial charge >= 0.3 is 0 Å². The number of nitrogens with zero attached hydrogens (tertiary/aromatic N) is 1. The number of methoxy groups -OCH3 is 1. The number of ether oxygens (including phenoxy) is 1. The number of carbonyl (C=O) groups is 1. The zero-order valence-corrected chi connectivity index (χ0v) is 14.1. The van der Waals surface area contributed by atoms with Gasteiger partial charge in [0.15, 0.2) is 0 Å². The van der Waals surface area contributed by atoms with Gasteiger partial charge in [0, 0.05) is 5.56 Å². The van der Waals surface area contributed by atoms with Crippen molar-refractivity contribution in [2.75, 3.05) is 26.0 Å². The number of hydrogen-bond donors (Lipinski definition) is 2. The van der Waals surface area contributed by atoms with Gasteiger partial charge in [-0.05, 0) is 35.7 Å². The third-order valence-electron chi connectivity index (χ3n) is 3.48. The van der Waals surface area contributed by atoms with Crippen LogP contribution in [-0.4, -0.2) is 26.6 Å². The first-order valence-corrected chi connectivity index (χ1v) is 8.22. The number of anilines is 1. The van der Waals surface area contributed by atoms with E-state index in [0.29, 0.717) is 17.0 Å². The Kier molecular flexibility index (Phi) is 6.15. The van der Waals surface area contributed by atoms with Gasteiger partial charge in [0.25, 0.3) is 0 Å². The second-order valence-electron chi connectivity index (χ2n) is 5.31. The van der Waals surface area contributed by atoms with E-state index in [4.69, 9.17) is 10.00 Å². The molecule has 0 bridgehead atoms. The zero-order chi connectivity index (χ0) is 16.7. The molecule has 0 aliphatic heterocycles. The molecule has 120 valence electrons. The molecule has 23 heavy (non-hydrogen) atoms. The molecule has 0 radical (unpaired) electrons. The molecule has 1 atom stereocenters. The van der Waals surface area contributed by atoms with E-state index in [-0.39, 0.29) is 5.91 Å². The van der Waals surface area contributed by atoms with Gasteiger partial charge in [0.05, 0.1) is 32.7 Å². The molecule has 1 aromatic carbocycles. The van der Waals surface area contributed by atoms with Gasteiger partial charge in [0.2, 0.25) is 5.91 Å². The standard InChI is InChI=1S/C17H19N3O2S/c1-20(12-13-3-5-15(22-2)6-4-13)9-7-16(21)19-17-14(11-18)8-10-23-17/h3-6,8,10H,7,9,12H2,1-2H3,(H,19,21)/p+1. The van der Waals surface area contributed by atoms with E-state index < -0.39 is 0 Å². The predicted octanol–water partition coefficient (Wildman–Crippen LogP) is 1.67. The van der Waals surface area contributed by atoms with Gasteiger partial charge in [-0.2, -0.15) is 5.26 Å². The highest BCUT2D eigenvalue weighted by Gasteiger charge is 2.11. The maximum Gasteiger partial charge on any atom is 0.230 e. The minimum Gasteiger partial charge on any atom is -0.497 e. The highest BCUT2D eigenvalue weighted by atomic mass is 32.1. The Balaban J connectivity index is 1.78. The van der Waals surface area contributed by atoms with Crippen LogP contribution >= 0.6 is 11.3 Å². The summed E-state index contributed by atoms with van der Waals surface area (Å²) in [5.41, 5.74) is 1.72. The van der Waals surface area contributed by atoms with Crippen molar-refractivity contribution in [1.82, 2.24) is 0 Å². The lowest BCUT2D eigenvalue weighted by Crippen LogP contribution is -3.07. The monoisotopic (exact) mass is 330 g/mol. The Labute approximate surface area is 140 Å². The maximum absolute atomic E-state index is 12.0. The average molecular weight is 330 g/mol. The lowest BCUT2D eigenvalue weighted by molar-refractivity contribution is -0.893. The molecule has 1 amide bonds. The Morgan fingerprint density at radius 3 is 2.74 bits per heavy atom. The third kappa shape index (κ3) is 5.09. The molecule has 5 nitrogen and oxygen atoms in total. The summed E-state index contributed by atoms with van der Waals surface area (Å²) in [7, 11) is 3.71. The molecular weight excluding hydrogens is 310 g/mol. The Bertz CT molecular complexity index is 689. The molecule has 2 rings (SSSR count). The fourth-order valence-electron chi connectivity index (χ4n) is 2.19. The van der Waals surface area contributed by atoms with Crippen molar-refractivity contribution in [3.05, 3.63) is 46.8 Å². The molecule has 0 saturated heterocycles. The topological polar surface area (TPSA) is 66.6 Å². The number of hydrogen-bond acceptors (Lipinski definition) is 4. The molecule has 6 heteroatoms. The third-order valence-corrected chi connectivity index (χ3v) is 4.31. The molecule has 1 unspecified atom stereocenters. The lowest BCUT2D eigenvalue weighted by atomic mass is 10.2. The normalized spacial score (nSPS) is 11.5. The summed E-state index contributed by atoms with van der Waals surface area (Å²) in [6, 6.07) is 11.7. The second-order valence-corrected chi connectivity index (χ2v) is 6.22. The van der Waals surface area contributed by atoms with Crippen LogP contribution in [0.2, 0.25) is 0 Å². The van der Waals surface area contributed by atoms with E-state index in [1.807, 2.05) is 24.3 Å². The van der Waals surface area contributed by atoms with E-state index in [2.05, 4.69) is 18.4 Å². The zero-order valence-electron chi connectivity index (χ0n) is 13.3. The summed E-state index contributed by atoms with van der Waals surface area (Å²) >= 11 is 1.37. The number of nitriles is 1. The average Bonchev–Trinajstić information content (AvgIpc) is 3.01. The molecule has 2 N–H and O–H groups in total. The maximum atomic E-state index is 12.0. The van der Waals surface area contributed by atoms with Crippen LogP contribution in [0.4, 0.5) is 5.00 Å². The van der Waals surface area contributed by atoms with Gasteiger partial charge in [0.1, 0.15) is 23.4 Å². The van der Waals surface area contributed by atoms with Crippen LogP contribution in [0.3, 0.4) is 0 Å². The van der Waals surface area contributed by atoms with E-state index in [9.17, 15) is 4.79 Å². The van der Waals surface area contributed by atoms with Gasteiger partial charge in [-0.3, -0.25) is 4.79 Å². The largest absolute Gasteiger partial charge is 0.497 e. The van der Waals surface area contributed by atoms with Gasteiger partial charge in [-0.25, -0.2) is 0 Å². The first kappa shape index (κ1) is 17.0. The van der Waals surface area contributed by atoms with Crippen LogP contribution in [0, 0.1) is 11.3 Å². The highest BCUT2D eigenvalue weighted by Crippen LogP contribution is 2.22. The number of quaternary nitrogens is 1. The molecule has 1 aromatic heterocycles. The van der Waals surface area contributed by atoms with Crippen LogP contribution in [0.25, 0.3) is 0 Å². The van der Waals surface area contributed by atoms with Crippen molar-refractivity contribution < 1.29 is 14.4 Å². The molecule has 0 spiro atoms. The Hall–Kier alpha value is -2.36. The minimum atomic E-state index is -0.0574. The van der Waals surface area contributed by atoms with Crippen molar-refractivity contribution in [3.63, 3.8) is 0 Å². The van der Waals surface area contributed by atoms with Crippen LogP contribution < -0.4 is 15.0 Å². The summed E-state index contributed by atoms with van der Waals surface area (Å²) < 4.78 is 5.14.